The van der Waals surface area contributed by atoms with Gasteiger partial charge in [-0.15, -0.1) is 11.3 Å². The van der Waals surface area contributed by atoms with Crippen LogP contribution in [0.4, 0.5) is 0 Å². The summed E-state index contributed by atoms with van der Waals surface area (Å²) in [5.74, 6) is -0.605. The zero-order chi connectivity index (χ0) is 11.8. The van der Waals surface area contributed by atoms with Gasteiger partial charge in [0.05, 0.1) is 28.6 Å². The second kappa shape index (κ2) is 4.14. The predicted molar refractivity (Wildman–Crippen MR) is 59.5 cm³/mol. The lowest BCUT2D eigenvalue weighted by Crippen LogP contribution is -2.04. The Morgan fingerprint density at radius 3 is 2.94 bits per heavy atom. The summed E-state index contributed by atoms with van der Waals surface area (Å²) in [5, 5.41) is 11.0. The van der Waals surface area contributed by atoms with Crippen molar-refractivity contribution in [3.63, 3.8) is 0 Å². The van der Waals surface area contributed by atoms with Gasteiger partial charge in [-0.1, -0.05) is 0 Å². The Kier molecular flexibility index (Phi) is 2.98. The molecule has 2 rings (SSSR count). The molecule has 88 valence electrons. The van der Waals surface area contributed by atoms with Gasteiger partial charge < -0.3 is 5.11 Å². The third kappa shape index (κ3) is 2.59. The summed E-state index contributed by atoms with van der Waals surface area (Å²) in [5.41, 5.74) is 0.511. The fourth-order valence-corrected chi connectivity index (χ4v) is 4.55. The molecule has 0 amide bonds. The van der Waals surface area contributed by atoms with Crippen molar-refractivity contribution in [3.05, 3.63) is 16.1 Å². The highest BCUT2D eigenvalue weighted by atomic mass is 32.2. The monoisotopic (exact) mass is 261 g/mol. The third-order valence-corrected chi connectivity index (χ3v) is 5.31. The SMILES string of the molecule is O=C(O)Cc1csc([C@@H]2CCS(=O)(=O)C2)n1. The van der Waals surface area contributed by atoms with Crippen LogP contribution in [0, 0.1) is 0 Å². The molecular weight excluding hydrogens is 250 g/mol. The Morgan fingerprint density at radius 1 is 1.62 bits per heavy atom. The molecule has 1 aromatic rings. The van der Waals surface area contributed by atoms with E-state index in [2.05, 4.69) is 4.98 Å². The van der Waals surface area contributed by atoms with Crippen LogP contribution < -0.4 is 0 Å². The number of nitrogens with zero attached hydrogens (tertiary/aromatic N) is 1. The van der Waals surface area contributed by atoms with Crippen molar-refractivity contribution in [1.29, 1.82) is 0 Å². The van der Waals surface area contributed by atoms with E-state index in [9.17, 15) is 13.2 Å². The molecule has 16 heavy (non-hydrogen) atoms. The summed E-state index contributed by atoms with van der Waals surface area (Å²) in [6, 6.07) is 0. The van der Waals surface area contributed by atoms with Gasteiger partial charge in [0.2, 0.25) is 0 Å². The van der Waals surface area contributed by atoms with E-state index < -0.39 is 15.8 Å². The summed E-state index contributed by atoms with van der Waals surface area (Å²) in [4.78, 5) is 14.6. The largest absolute Gasteiger partial charge is 0.481 e. The topological polar surface area (TPSA) is 84.3 Å². The normalized spacial score (nSPS) is 23.4. The number of rotatable bonds is 3. The summed E-state index contributed by atoms with van der Waals surface area (Å²) < 4.78 is 22.6. The van der Waals surface area contributed by atoms with E-state index in [1.165, 1.54) is 11.3 Å². The maximum Gasteiger partial charge on any atom is 0.309 e. The number of hydrogen-bond acceptors (Lipinski definition) is 5. The van der Waals surface area contributed by atoms with E-state index in [1.54, 1.807) is 5.38 Å². The van der Waals surface area contributed by atoms with E-state index in [1.807, 2.05) is 0 Å². The first-order chi connectivity index (χ1) is 7.46. The summed E-state index contributed by atoms with van der Waals surface area (Å²) >= 11 is 1.35. The molecule has 0 bridgehead atoms. The van der Waals surface area contributed by atoms with Crippen molar-refractivity contribution in [2.24, 2.45) is 0 Å². The number of carboxylic acids is 1. The number of carbonyl (C=O) groups is 1. The molecule has 1 aliphatic heterocycles. The van der Waals surface area contributed by atoms with Gasteiger partial charge in [-0.2, -0.15) is 0 Å². The second-order valence-electron chi connectivity index (χ2n) is 3.85. The second-order valence-corrected chi connectivity index (χ2v) is 6.97. The van der Waals surface area contributed by atoms with Crippen molar-refractivity contribution in [2.75, 3.05) is 11.5 Å². The lowest BCUT2D eigenvalue weighted by atomic mass is 10.1. The first-order valence-electron chi connectivity index (χ1n) is 4.83. The Labute approximate surface area is 97.1 Å². The summed E-state index contributed by atoms with van der Waals surface area (Å²) in [7, 11) is -2.91. The number of aromatic nitrogens is 1. The van der Waals surface area contributed by atoms with Gasteiger partial charge in [-0.3, -0.25) is 4.79 Å². The first-order valence-corrected chi connectivity index (χ1v) is 7.53. The zero-order valence-corrected chi connectivity index (χ0v) is 10.1. The number of sulfone groups is 1. The highest BCUT2D eigenvalue weighted by Gasteiger charge is 2.30. The smallest absolute Gasteiger partial charge is 0.309 e. The minimum absolute atomic E-state index is 0.0439. The van der Waals surface area contributed by atoms with Gasteiger partial charge in [0.1, 0.15) is 0 Å². The highest BCUT2D eigenvalue weighted by Crippen LogP contribution is 2.30. The van der Waals surface area contributed by atoms with Crippen LogP contribution in [-0.2, 0) is 21.1 Å². The molecule has 0 aliphatic carbocycles. The van der Waals surface area contributed by atoms with Crippen molar-refractivity contribution >= 4 is 27.1 Å². The molecule has 0 spiro atoms. The molecule has 1 aromatic heterocycles. The number of carboxylic acid groups (broad SMARTS) is 1. The average Bonchev–Trinajstić information content (AvgIpc) is 2.71. The van der Waals surface area contributed by atoms with Crippen LogP contribution in [0.1, 0.15) is 23.0 Å². The van der Waals surface area contributed by atoms with Gasteiger partial charge in [-0.05, 0) is 6.42 Å². The first kappa shape index (κ1) is 11.5. The average molecular weight is 261 g/mol. The van der Waals surface area contributed by atoms with Gasteiger partial charge in [0, 0.05) is 11.3 Å². The van der Waals surface area contributed by atoms with Gasteiger partial charge in [0.25, 0.3) is 0 Å². The maximum atomic E-state index is 11.3. The molecule has 1 atom stereocenters. The van der Waals surface area contributed by atoms with Gasteiger partial charge in [-0.25, -0.2) is 13.4 Å². The molecule has 1 fully saturated rings. The molecule has 0 saturated carbocycles. The van der Waals surface area contributed by atoms with E-state index in [-0.39, 0.29) is 23.8 Å². The molecular formula is C9H11NO4S2. The van der Waals surface area contributed by atoms with E-state index >= 15 is 0 Å². The van der Waals surface area contributed by atoms with Crippen molar-refractivity contribution < 1.29 is 18.3 Å². The van der Waals surface area contributed by atoms with Crippen molar-refractivity contribution in [2.45, 2.75) is 18.8 Å². The van der Waals surface area contributed by atoms with Crippen LogP contribution in [0.5, 0.6) is 0 Å². The van der Waals surface area contributed by atoms with Crippen molar-refractivity contribution in [1.82, 2.24) is 4.98 Å². The molecule has 1 N–H and O–H groups in total. The van der Waals surface area contributed by atoms with E-state index in [0.717, 1.165) is 5.01 Å². The van der Waals surface area contributed by atoms with Crippen molar-refractivity contribution in [3.8, 4) is 0 Å². The Hall–Kier alpha value is -0.950. The molecule has 0 aromatic carbocycles. The van der Waals surface area contributed by atoms with Gasteiger partial charge >= 0.3 is 5.97 Å². The highest BCUT2D eigenvalue weighted by molar-refractivity contribution is 7.91. The van der Waals surface area contributed by atoms with E-state index in [0.29, 0.717) is 12.1 Å². The fourth-order valence-electron chi connectivity index (χ4n) is 1.74. The predicted octanol–water partition coefficient (Wildman–Crippen LogP) is 0.672. The lowest BCUT2D eigenvalue weighted by molar-refractivity contribution is -0.136. The zero-order valence-electron chi connectivity index (χ0n) is 8.42. The molecule has 2 heterocycles. The fraction of sp³-hybridized carbons (Fsp3) is 0.556. The molecule has 1 saturated heterocycles. The Balaban J connectivity index is 2.11. The third-order valence-electron chi connectivity index (χ3n) is 2.48. The molecule has 7 heteroatoms. The quantitative estimate of drug-likeness (QED) is 0.864. The minimum Gasteiger partial charge on any atom is -0.481 e. The molecule has 0 unspecified atom stereocenters. The van der Waals surface area contributed by atoms with Crippen LogP contribution in [0.2, 0.25) is 0 Å². The number of hydrogen-bond donors (Lipinski definition) is 1. The van der Waals surface area contributed by atoms with Crippen LogP contribution in [-0.4, -0.2) is 36.0 Å². The Bertz CT molecular complexity index is 505. The Morgan fingerprint density at radius 2 is 2.38 bits per heavy atom. The maximum absolute atomic E-state index is 11.3. The molecule has 0 radical (unpaired) electrons. The summed E-state index contributed by atoms with van der Waals surface area (Å²) in [6.45, 7) is 0. The number of thiazole rings is 1. The number of aliphatic carboxylic acids is 1. The van der Waals surface area contributed by atoms with Crippen LogP contribution in [0.15, 0.2) is 5.38 Å². The van der Waals surface area contributed by atoms with Crippen LogP contribution in [0.25, 0.3) is 0 Å². The minimum atomic E-state index is -2.91. The standard InChI is InChI=1S/C9H11NO4S2/c11-8(12)3-7-4-15-9(10-7)6-1-2-16(13,14)5-6/h4,6H,1-3,5H2,(H,11,12)/t6-/m1/s1. The van der Waals surface area contributed by atoms with E-state index in [4.69, 9.17) is 5.11 Å². The molecule has 5 nitrogen and oxygen atoms in total. The summed E-state index contributed by atoms with van der Waals surface area (Å²) in [6.07, 6.45) is 0.498. The van der Waals surface area contributed by atoms with Gasteiger partial charge in [0.15, 0.2) is 9.84 Å². The van der Waals surface area contributed by atoms with Crippen LogP contribution in [0.3, 0.4) is 0 Å². The molecule has 1 aliphatic rings. The van der Waals surface area contributed by atoms with Crippen LogP contribution >= 0.6 is 11.3 Å². The lowest BCUT2D eigenvalue weighted by Gasteiger charge is -2.00.